The molecule has 2 N–H and O–H groups in total. The fraction of sp³-hybridized carbons (Fsp3) is 0.188. The van der Waals surface area contributed by atoms with E-state index < -0.39 is 0 Å². The lowest BCUT2D eigenvalue weighted by Crippen LogP contribution is -2.11. The van der Waals surface area contributed by atoms with Crippen LogP contribution < -0.4 is 5.73 Å². The molecule has 1 atom stereocenters. The van der Waals surface area contributed by atoms with Gasteiger partial charge in [-0.3, -0.25) is 0 Å². The number of nitrogens with two attached hydrogens (primary N) is 1. The molecule has 3 aromatic rings. The lowest BCUT2D eigenvalue weighted by molar-refractivity contribution is 0.735. The molecule has 0 saturated carbocycles. The summed E-state index contributed by atoms with van der Waals surface area (Å²) < 4.78 is 0. The zero-order chi connectivity index (χ0) is 13.2. The number of aryl methyl sites for hydroxylation is 1. The number of hydrogen-bond donors (Lipinski definition) is 1. The van der Waals surface area contributed by atoms with Crippen LogP contribution in [0.1, 0.15) is 21.5 Å². The predicted octanol–water partition coefficient (Wildman–Crippen LogP) is 3.85. The van der Waals surface area contributed by atoms with Crippen LogP contribution in [0.3, 0.4) is 0 Å². The summed E-state index contributed by atoms with van der Waals surface area (Å²) in [5, 5.41) is 3.62. The van der Waals surface area contributed by atoms with Gasteiger partial charge < -0.3 is 5.73 Å². The quantitative estimate of drug-likeness (QED) is 0.783. The molecule has 1 aromatic heterocycles. The van der Waals surface area contributed by atoms with Crippen molar-refractivity contribution in [1.29, 1.82) is 0 Å². The van der Waals surface area contributed by atoms with Crippen molar-refractivity contribution in [3.63, 3.8) is 0 Å². The van der Waals surface area contributed by atoms with E-state index >= 15 is 0 Å². The number of nitrogens with zero attached hydrogens (tertiary/aromatic N) is 1. The van der Waals surface area contributed by atoms with Gasteiger partial charge >= 0.3 is 0 Å². The summed E-state index contributed by atoms with van der Waals surface area (Å²) in [6.07, 6.45) is 2.75. The first-order chi connectivity index (χ1) is 9.22. The molecule has 3 heteroatoms. The van der Waals surface area contributed by atoms with E-state index in [2.05, 4.69) is 47.4 Å². The van der Waals surface area contributed by atoms with Crippen LogP contribution in [0.4, 0.5) is 0 Å². The Morgan fingerprint density at radius 2 is 1.95 bits per heavy atom. The Morgan fingerprint density at radius 3 is 2.68 bits per heavy atom. The molecule has 0 aliphatic heterocycles. The second kappa shape index (κ2) is 5.11. The van der Waals surface area contributed by atoms with Gasteiger partial charge in [-0.25, -0.2) is 4.98 Å². The minimum absolute atomic E-state index is 0.0346. The normalized spacial score (nSPS) is 12.7. The van der Waals surface area contributed by atoms with E-state index in [1.807, 2.05) is 13.1 Å². The highest BCUT2D eigenvalue weighted by Gasteiger charge is 2.10. The van der Waals surface area contributed by atoms with Gasteiger partial charge in [0.2, 0.25) is 0 Å². The standard InChI is InChI=1S/C16H16N2S/c1-11-18-10-16(19-11)15(17)9-12-6-7-13-4-2-3-5-14(13)8-12/h2-8,10,15H,9,17H2,1H3. The van der Waals surface area contributed by atoms with E-state index in [0.717, 1.165) is 16.3 Å². The van der Waals surface area contributed by atoms with Gasteiger partial charge in [-0.1, -0.05) is 42.5 Å². The molecule has 0 saturated heterocycles. The van der Waals surface area contributed by atoms with Crippen LogP contribution in [-0.4, -0.2) is 4.98 Å². The smallest absolute Gasteiger partial charge is 0.0897 e. The van der Waals surface area contributed by atoms with Crippen LogP contribution in [0.5, 0.6) is 0 Å². The van der Waals surface area contributed by atoms with Crippen molar-refractivity contribution in [2.75, 3.05) is 0 Å². The molecule has 2 aromatic carbocycles. The first-order valence-electron chi connectivity index (χ1n) is 6.38. The largest absolute Gasteiger partial charge is 0.323 e. The minimum Gasteiger partial charge on any atom is -0.323 e. The molecule has 0 spiro atoms. The number of hydrogen-bond acceptors (Lipinski definition) is 3. The van der Waals surface area contributed by atoms with Crippen molar-refractivity contribution in [3.8, 4) is 0 Å². The predicted molar refractivity (Wildman–Crippen MR) is 81.4 cm³/mol. The molecule has 0 radical (unpaired) electrons. The number of benzene rings is 2. The molecule has 0 fully saturated rings. The number of aromatic nitrogens is 1. The van der Waals surface area contributed by atoms with Crippen molar-refractivity contribution in [2.24, 2.45) is 5.73 Å². The summed E-state index contributed by atoms with van der Waals surface area (Å²) in [5.74, 6) is 0. The van der Waals surface area contributed by atoms with Crippen LogP contribution >= 0.6 is 11.3 Å². The SMILES string of the molecule is Cc1ncc(C(N)Cc2ccc3ccccc3c2)s1. The van der Waals surface area contributed by atoms with Crippen LogP contribution in [-0.2, 0) is 6.42 Å². The van der Waals surface area contributed by atoms with E-state index in [9.17, 15) is 0 Å². The van der Waals surface area contributed by atoms with Gasteiger partial charge in [0.05, 0.1) is 5.01 Å². The highest BCUT2D eigenvalue weighted by molar-refractivity contribution is 7.11. The second-order valence-corrected chi connectivity index (χ2v) is 6.04. The molecular formula is C16H16N2S. The highest BCUT2D eigenvalue weighted by Crippen LogP contribution is 2.23. The summed E-state index contributed by atoms with van der Waals surface area (Å²) in [4.78, 5) is 5.43. The molecule has 0 aliphatic rings. The van der Waals surface area contributed by atoms with Crippen molar-refractivity contribution < 1.29 is 0 Å². The Bertz CT molecular complexity index is 703. The van der Waals surface area contributed by atoms with E-state index in [0.29, 0.717) is 0 Å². The van der Waals surface area contributed by atoms with Crippen molar-refractivity contribution >= 4 is 22.1 Å². The molecule has 1 heterocycles. The van der Waals surface area contributed by atoms with Crippen LogP contribution in [0.25, 0.3) is 10.8 Å². The average molecular weight is 268 g/mol. The minimum atomic E-state index is 0.0346. The summed E-state index contributed by atoms with van der Waals surface area (Å²) in [5.41, 5.74) is 7.53. The third-order valence-electron chi connectivity index (χ3n) is 3.27. The first-order valence-corrected chi connectivity index (χ1v) is 7.19. The molecule has 0 bridgehead atoms. The van der Waals surface area contributed by atoms with Gasteiger partial charge in [0, 0.05) is 17.1 Å². The second-order valence-electron chi connectivity index (χ2n) is 4.77. The summed E-state index contributed by atoms with van der Waals surface area (Å²) in [7, 11) is 0. The Hall–Kier alpha value is -1.71. The molecule has 1 unspecified atom stereocenters. The highest BCUT2D eigenvalue weighted by atomic mass is 32.1. The fourth-order valence-corrected chi connectivity index (χ4v) is 3.06. The molecule has 0 aliphatic carbocycles. The van der Waals surface area contributed by atoms with Crippen molar-refractivity contribution in [2.45, 2.75) is 19.4 Å². The monoisotopic (exact) mass is 268 g/mol. The van der Waals surface area contributed by atoms with Crippen LogP contribution in [0, 0.1) is 6.92 Å². The molecule has 3 rings (SSSR count). The molecule has 96 valence electrons. The maximum absolute atomic E-state index is 6.25. The third kappa shape index (κ3) is 2.67. The molecule has 0 amide bonds. The van der Waals surface area contributed by atoms with Crippen LogP contribution in [0.15, 0.2) is 48.7 Å². The summed E-state index contributed by atoms with van der Waals surface area (Å²) in [6, 6.07) is 15.0. The van der Waals surface area contributed by atoms with Crippen molar-refractivity contribution in [1.82, 2.24) is 4.98 Å². The van der Waals surface area contributed by atoms with E-state index in [1.165, 1.54) is 16.3 Å². The summed E-state index contributed by atoms with van der Waals surface area (Å²) in [6.45, 7) is 2.01. The number of rotatable bonds is 3. The Balaban J connectivity index is 1.84. The maximum Gasteiger partial charge on any atom is 0.0897 e. The molecule has 19 heavy (non-hydrogen) atoms. The zero-order valence-corrected chi connectivity index (χ0v) is 11.7. The Morgan fingerprint density at radius 1 is 1.16 bits per heavy atom. The molecule has 2 nitrogen and oxygen atoms in total. The van der Waals surface area contributed by atoms with Gasteiger partial charge in [-0.15, -0.1) is 11.3 Å². The average Bonchev–Trinajstić information content (AvgIpc) is 2.85. The lowest BCUT2D eigenvalue weighted by atomic mass is 10.0. The third-order valence-corrected chi connectivity index (χ3v) is 4.32. The van der Waals surface area contributed by atoms with E-state index in [-0.39, 0.29) is 6.04 Å². The summed E-state index contributed by atoms with van der Waals surface area (Å²) >= 11 is 1.68. The molecular weight excluding hydrogens is 252 g/mol. The Kier molecular flexibility index (Phi) is 3.32. The van der Waals surface area contributed by atoms with E-state index in [1.54, 1.807) is 11.3 Å². The fourth-order valence-electron chi connectivity index (χ4n) is 2.27. The van der Waals surface area contributed by atoms with Gasteiger partial charge in [-0.05, 0) is 29.7 Å². The number of thiazole rings is 1. The van der Waals surface area contributed by atoms with Crippen molar-refractivity contribution in [3.05, 3.63) is 64.1 Å². The van der Waals surface area contributed by atoms with E-state index in [4.69, 9.17) is 5.73 Å². The zero-order valence-electron chi connectivity index (χ0n) is 10.8. The lowest BCUT2D eigenvalue weighted by Gasteiger charge is -2.10. The number of fused-ring (bicyclic) bond motifs is 1. The Labute approximate surface area is 116 Å². The van der Waals surface area contributed by atoms with Gasteiger partial charge in [0.25, 0.3) is 0 Å². The van der Waals surface area contributed by atoms with Crippen LogP contribution in [0.2, 0.25) is 0 Å². The van der Waals surface area contributed by atoms with Gasteiger partial charge in [0.1, 0.15) is 0 Å². The van der Waals surface area contributed by atoms with Gasteiger partial charge in [-0.2, -0.15) is 0 Å². The van der Waals surface area contributed by atoms with Gasteiger partial charge in [0.15, 0.2) is 0 Å². The maximum atomic E-state index is 6.25. The first kappa shape index (κ1) is 12.3. The topological polar surface area (TPSA) is 38.9 Å².